The molecule has 0 spiro atoms. The first-order valence-electron chi connectivity index (χ1n) is 9.66. The van der Waals surface area contributed by atoms with E-state index in [1.54, 1.807) is 0 Å². The number of rotatable bonds is 7. The van der Waals surface area contributed by atoms with Gasteiger partial charge in [-0.3, -0.25) is 14.5 Å². The number of halogens is 2. The number of hydrogen-bond acceptors (Lipinski definition) is 4. The highest BCUT2D eigenvalue weighted by atomic mass is 35.5. The van der Waals surface area contributed by atoms with Crippen LogP contribution in [0.15, 0.2) is 24.3 Å². The molecule has 2 N–H and O–H groups in total. The predicted octanol–water partition coefficient (Wildman–Crippen LogP) is 2.45. The Morgan fingerprint density at radius 2 is 1.71 bits per heavy atom. The van der Waals surface area contributed by atoms with Gasteiger partial charge in [-0.2, -0.15) is 0 Å². The molecular weight excluding hydrogens is 399 g/mol. The van der Waals surface area contributed by atoms with Crippen molar-refractivity contribution < 1.29 is 9.59 Å². The molecule has 0 unspecified atom stereocenters. The van der Waals surface area contributed by atoms with Gasteiger partial charge in [-0.05, 0) is 38.3 Å². The molecule has 0 atom stereocenters. The fourth-order valence-corrected chi connectivity index (χ4v) is 3.41. The molecule has 0 aliphatic carbocycles. The van der Waals surface area contributed by atoms with Gasteiger partial charge in [-0.1, -0.05) is 18.2 Å². The summed E-state index contributed by atoms with van der Waals surface area (Å²) < 4.78 is 0. The van der Waals surface area contributed by atoms with Gasteiger partial charge in [0.2, 0.25) is 11.8 Å². The smallest absolute Gasteiger partial charge is 0.236 e. The highest BCUT2D eigenvalue weighted by Gasteiger charge is 2.21. The topological polar surface area (TPSA) is 69.9 Å². The lowest BCUT2D eigenvalue weighted by molar-refractivity contribution is -0.132. The van der Waals surface area contributed by atoms with Crippen LogP contribution in [0.5, 0.6) is 0 Å². The summed E-state index contributed by atoms with van der Waals surface area (Å²) >= 11 is 0. The van der Waals surface area contributed by atoms with E-state index >= 15 is 0 Å². The molecule has 2 rings (SSSR count). The van der Waals surface area contributed by atoms with Crippen LogP contribution in [-0.2, 0) is 16.0 Å². The Hall–Kier alpha value is -1.50. The first kappa shape index (κ1) is 26.5. The third kappa shape index (κ3) is 7.86. The molecule has 1 aromatic rings. The first-order chi connectivity index (χ1) is 12.5. The lowest BCUT2D eigenvalue weighted by Crippen LogP contribution is -2.42. The van der Waals surface area contributed by atoms with Crippen molar-refractivity contribution in [3.05, 3.63) is 29.8 Å². The van der Waals surface area contributed by atoms with Crippen molar-refractivity contribution in [1.29, 1.82) is 0 Å². The minimum atomic E-state index is 0. The predicted molar refractivity (Wildman–Crippen MR) is 119 cm³/mol. The van der Waals surface area contributed by atoms with Gasteiger partial charge >= 0.3 is 0 Å². The van der Waals surface area contributed by atoms with E-state index in [2.05, 4.69) is 4.90 Å². The number of amides is 2. The third-order valence-corrected chi connectivity index (χ3v) is 5.08. The molecule has 1 aliphatic rings. The fourth-order valence-electron chi connectivity index (χ4n) is 3.41. The maximum atomic E-state index is 12.6. The zero-order valence-corrected chi connectivity index (χ0v) is 18.6. The summed E-state index contributed by atoms with van der Waals surface area (Å²) in [6.07, 6.45) is 2.06. The zero-order chi connectivity index (χ0) is 18.9. The van der Waals surface area contributed by atoms with Crippen molar-refractivity contribution in [2.45, 2.75) is 33.1 Å². The van der Waals surface area contributed by atoms with Gasteiger partial charge < -0.3 is 15.5 Å². The highest BCUT2D eigenvalue weighted by Crippen LogP contribution is 2.14. The molecule has 6 nitrogen and oxygen atoms in total. The molecule has 0 radical (unpaired) electrons. The van der Waals surface area contributed by atoms with Crippen LogP contribution in [0.3, 0.4) is 0 Å². The Morgan fingerprint density at radius 1 is 1.04 bits per heavy atom. The van der Waals surface area contributed by atoms with Gasteiger partial charge in [-0.15, -0.1) is 24.8 Å². The van der Waals surface area contributed by atoms with Crippen LogP contribution in [0.25, 0.3) is 0 Å². The molecule has 2 amide bonds. The molecule has 0 saturated carbocycles. The number of nitrogen functional groups attached to an aromatic ring is 1. The van der Waals surface area contributed by atoms with Crippen molar-refractivity contribution in [3.8, 4) is 0 Å². The molecule has 160 valence electrons. The van der Waals surface area contributed by atoms with E-state index in [0.29, 0.717) is 25.9 Å². The number of carbonyl (C=O) groups is 2. The van der Waals surface area contributed by atoms with Crippen LogP contribution < -0.4 is 5.73 Å². The summed E-state index contributed by atoms with van der Waals surface area (Å²) in [5.41, 5.74) is 7.73. The zero-order valence-electron chi connectivity index (χ0n) is 16.9. The van der Waals surface area contributed by atoms with Crippen molar-refractivity contribution in [2.24, 2.45) is 0 Å². The number of hydrogen-bond donors (Lipinski definition) is 1. The van der Waals surface area contributed by atoms with E-state index in [-0.39, 0.29) is 36.6 Å². The standard InChI is InChI=1S/C20H32N4O2.2ClH/c1-3-23(4-2)20(26)16-22-12-7-13-24(15-14-22)19(25)11-10-17-8-5-6-9-18(17)21;;/h5-6,8-9H,3-4,7,10-16,21H2,1-2H3;2*1H. The molecular formula is C20H34Cl2N4O2. The number of likely N-dealkylation sites (N-methyl/N-ethyl adjacent to an activating group) is 1. The number of carbonyl (C=O) groups excluding carboxylic acids is 2. The number of benzene rings is 1. The maximum Gasteiger partial charge on any atom is 0.236 e. The third-order valence-electron chi connectivity index (χ3n) is 5.08. The average Bonchev–Trinajstić information content (AvgIpc) is 2.87. The van der Waals surface area contributed by atoms with Crippen molar-refractivity contribution in [2.75, 3.05) is 51.5 Å². The molecule has 1 heterocycles. The second kappa shape index (κ2) is 13.6. The Balaban J connectivity index is 0.00000364. The van der Waals surface area contributed by atoms with E-state index in [1.165, 1.54) is 0 Å². The molecule has 1 aliphatic heterocycles. The van der Waals surface area contributed by atoms with Crippen LogP contribution >= 0.6 is 24.8 Å². The molecule has 1 aromatic carbocycles. The minimum absolute atomic E-state index is 0. The normalized spacial score (nSPS) is 14.4. The Labute approximate surface area is 181 Å². The molecule has 1 saturated heterocycles. The molecule has 1 fully saturated rings. The maximum absolute atomic E-state index is 12.6. The SMILES string of the molecule is CCN(CC)C(=O)CN1CCCN(C(=O)CCc2ccccc2N)CC1.Cl.Cl. The van der Waals surface area contributed by atoms with Crippen molar-refractivity contribution >= 4 is 42.3 Å². The van der Waals surface area contributed by atoms with Crippen LogP contribution in [0.4, 0.5) is 5.69 Å². The van der Waals surface area contributed by atoms with Gasteiger partial charge in [0, 0.05) is 51.4 Å². The lowest BCUT2D eigenvalue weighted by Gasteiger charge is -2.25. The first-order valence-corrected chi connectivity index (χ1v) is 9.66. The number of aryl methyl sites for hydroxylation is 1. The summed E-state index contributed by atoms with van der Waals surface area (Å²) in [7, 11) is 0. The largest absolute Gasteiger partial charge is 0.399 e. The monoisotopic (exact) mass is 432 g/mol. The summed E-state index contributed by atoms with van der Waals surface area (Å²) in [4.78, 5) is 30.8. The van der Waals surface area contributed by atoms with E-state index in [1.807, 2.05) is 47.9 Å². The van der Waals surface area contributed by atoms with Crippen LogP contribution in [0.1, 0.15) is 32.3 Å². The summed E-state index contributed by atoms with van der Waals surface area (Å²) in [6.45, 7) is 9.02. The summed E-state index contributed by atoms with van der Waals surface area (Å²) in [5, 5.41) is 0. The Kier molecular flexibility index (Phi) is 12.9. The van der Waals surface area contributed by atoms with Crippen LogP contribution in [0.2, 0.25) is 0 Å². The van der Waals surface area contributed by atoms with Crippen molar-refractivity contribution in [1.82, 2.24) is 14.7 Å². The number of nitrogens with zero attached hydrogens (tertiary/aromatic N) is 3. The number of nitrogens with two attached hydrogens (primary N) is 1. The quantitative estimate of drug-likeness (QED) is 0.671. The highest BCUT2D eigenvalue weighted by molar-refractivity contribution is 5.85. The lowest BCUT2D eigenvalue weighted by atomic mass is 10.1. The summed E-state index contributed by atoms with van der Waals surface area (Å²) in [6, 6.07) is 7.71. The van der Waals surface area contributed by atoms with Gasteiger partial charge in [0.1, 0.15) is 0 Å². The van der Waals surface area contributed by atoms with Gasteiger partial charge in [-0.25, -0.2) is 0 Å². The van der Waals surface area contributed by atoms with E-state index < -0.39 is 0 Å². The fraction of sp³-hybridized carbons (Fsp3) is 0.600. The molecule has 8 heteroatoms. The van der Waals surface area contributed by atoms with Crippen LogP contribution in [0, 0.1) is 0 Å². The number of para-hydroxylation sites is 1. The van der Waals surface area contributed by atoms with E-state index in [0.717, 1.165) is 50.4 Å². The average molecular weight is 433 g/mol. The second-order valence-electron chi connectivity index (χ2n) is 6.78. The van der Waals surface area contributed by atoms with E-state index in [9.17, 15) is 9.59 Å². The minimum Gasteiger partial charge on any atom is -0.399 e. The van der Waals surface area contributed by atoms with Gasteiger partial charge in [0.25, 0.3) is 0 Å². The Bertz CT molecular complexity index is 612. The number of anilines is 1. The Morgan fingerprint density at radius 3 is 2.36 bits per heavy atom. The van der Waals surface area contributed by atoms with E-state index in [4.69, 9.17) is 5.73 Å². The van der Waals surface area contributed by atoms with Crippen LogP contribution in [-0.4, -0.2) is 72.3 Å². The summed E-state index contributed by atoms with van der Waals surface area (Å²) in [5.74, 6) is 0.347. The molecule has 0 bridgehead atoms. The van der Waals surface area contributed by atoms with Gasteiger partial charge in [0.15, 0.2) is 0 Å². The molecule has 28 heavy (non-hydrogen) atoms. The van der Waals surface area contributed by atoms with Crippen molar-refractivity contribution in [3.63, 3.8) is 0 Å². The second-order valence-corrected chi connectivity index (χ2v) is 6.78. The molecule has 0 aromatic heterocycles. The van der Waals surface area contributed by atoms with Gasteiger partial charge in [0.05, 0.1) is 6.54 Å².